The summed E-state index contributed by atoms with van der Waals surface area (Å²) in [5.41, 5.74) is 0.265. The molecule has 0 nitrogen and oxygen atoms in total. The van der Waals surface area contributed by atoms with E-state index in [1.54, 1.807) is 0 Å². The Bertz CT molecular complexity index is 383. The number of halogens is 2. The van der Waals surface area contributed by atoms with Gasteiger partial charge in [-0.2, -0.15) is 0 Å². The number of alkyl halides is 1. The Balaban J connectivity index is 2.24. The van der Waals surface area contributed by atoms with E-state index in [9.17, 15) is 0 Å². The maximum absolute atomic E-state index is 3.93. The summed E-state index contributed by atoms with van der Waals surface area (Å²) in [4.78, 5) is 2.16. The minimum atomic E-state index is 0.265. The van der Waals surface area contributed by atoms with E-state index in [1.165, 1.54) is 28.6 Å². The molecule has 1 aliphatic carbocycles. The van der Waals surface area contributed by atoms with Crippen molar-refractivity contribution < 1.29 is 0 Å². The quantitative estimate of drug-likeness (QED) is 0.553. The normalized spacial score (nSPS) is 30.5. The average molecular weight is 380 g/mol. The van der Waals surface area contributed by atoms with Crippen molar-refractivity contribution in [1.29, 1.82) is 0 Å². The molecule has 1 aromatic heterocycles. The molecule has 17 heavy (non-hydrogen) atoms. The maximum atomic E-state index is 3.93. The van der Waals surface area contributed by atoms with Crippen LogP contribution in [-0.4, -0.2) is 4.83 Å². The highest BCUT2D eigenvalue weighted by atomic mass is 79.9. The Morgan fingerprint density at radius 2 is 2.06 bits per heavy atom. The molecule has 1 aromatic rings. The van der Waals surface area contributed by atoms with Gasteiger partial charge in [-0.3, -0.25) is 0 Å². The fourth-order valence-corrected chi connectivity index (χ4v) is 6.68. The summed E-state index contributed by atoms with van der Waals surface area (Å²) in [6.45, 7) is 7.18. The number of thiophene rings is 1. The Kier molecular flexibility index (Phi) is 4.42. The lowest BCUT2D eigenvalue weighted by Crippen LogP contribution is -2.38. The molecule has 1 saturated carbocycles. The third-order valence-corrected chi connectivity index (χ3v) is 7.35. The van der Waals surface area contributed by atoms with Crippen molar-refractivity contribution in [3.8, 4) is 0 Å². The second kappa shape index (κ2) is 5.34. The first-order valence-corrected chi connectivity index (χ1v) is 8.89. The summed E-state index contributed by atoms with van der Waals surface area (Å²) in [6.07, 6.45) is 4.03. The highest BCUT2D eigenvalue weighted by Gasteiger charge is 2.40. The van der Waals surface area contributed by atoms with Gasteiger partial charge in [0.15, 0.2) is 0 Å². The minimum Gasteiger partial charge on any atom is -0.147 e. The highest BCUT2D eigenvalue weighted by Crippen LogP contribution is 2.48. The summed E-state index contributed by atoms with van der Waals surface area (Å²) in [6, 6.07) is 2.18. The molecule has 0 N–H and O–H groups in total. The van der Waals surface area contributed by atoms with Gasteiger partial charge in [-0.05, 0) is 52.1 Å². The average Bonchev–Trinajstić information content (AvgIpc) is 2.64. The minimum absolute atomic E-state index is 0.265. The number of rotatable bonds is 2. The molecule has 2 rings (SSSR count). The first kappa shape index (κ1) is 14.1. The lowest BCUT2D eigenvalue weighted by molar-refractivity contribution is 0.216. The maximum Gasteiger partial charge on any atom is 0.0320 e. The molecule has 0 spiro atoms. The summed E-state index contributed by atoms with van der Waals surface area (Å²) in [5, 5.41) is 2.19. The van der Waals surface area contributed by atoms with E-state index in [-0.39, 0.29) is 5.41 Å². The fraction of sp³-hybridized carbons (Fsp3) is 0.714. The van der Waals surface area contributed by atoms with Crippen LogP contribution in [0.3, 0.4) is 0 Å². The molecule has 0 aromatic carbocycles. The van der Waals surface area contributed by atoms with Crippen LogP contribution in [-0.2, 0) is 5.41 Å². The van der Waals surface area contributed by atoms with Gasteiger partial charge in [-0.15, -0.1) is 11.3 Å². The lowest BCUT2D eigenvalue weighted by atomic mass is 9.68. The van der Waals surface area contributed by atoms with Crippen molar-refractivity contribution in [2.24, 2.45) is 11.8 Å². The number of hydrogen-bond acceptors (Lipinski definition) is 1. The van der Waals surface area contributed by atoms with Crippen LogP contribution < -0.4 is 0 Å². The fourth-order valence-electron chi connectivity index (χ4n) is 3.05. The van der Waals surface area contributed by atoms with Crippen LogP contribution in [0, 0.1) is 11.8 Å². The molecule has 0 amide bonds. The Morgan fingerprint density at radius 3 is 2.59 bits per heavy atom. The van der Waals surface area contributed by atoms with Crippen LogP contribution in [0.25, 0.3) is 0 Å². The molecule has 0 saturated heterocycles. The zero-order chi connectivity index (χ0) is 12.6. The molecule has 0 aliphatic heterocycles. The van der Waals surface area contributed by atoms with Crippen LogP contribution >= 0.6 is 43.2 Å². The van der Waals surface area contributed by atoms with Crippen LogP contribution in [0.15, 0.2) is 15.9 Å². The summed E-state index contributed by atoms with van der Waals surface area (Å²) >= 11 is 9.51. The molecule has 96 valence electrons. The third-order valence-electron chi connectivity index (χ3n) is 4.16. The predicted molar refractivity (Wildman–Crippen MR) is 84.3 cm³/mol. The van der Waals surface area contributed by atoms with Gasteiger partial charge in [0, 0.05) is 19.6 Å². The molecule has 3 unspecified atom stereocenters. The van der Waals surface area contributed by atoms with Crippen molar-refractivity contribution in [1.82, 2.24) is 0 Å². The summed E-state index contributed by atoms with van der Waals surface area (Å²) in [5.74, 6) is 1.62. The third kappa shape index (κ3) is 2.82. The smallest absolute Gasteiger partial charge is 0.0320 e. The molecule has 0 bridgehead atoms. The second-order valence-electron chi connectivity index (χ2n) is 5.86. The van der Waals surface area contributed by atoms with Gasteiger partial charge in [0.2, 0.25) is 0 Å². The zero-order valence-electron chi connectivity index (χ0n) is 10.7. The molecular formula is C14H20Br2S. The van der Waals surface area contributed by atoms with Gasteiger partial charge in [0.1, 0.15) is 0 Å². The van der Waals surface area contributed by atoms with Gasteiger partial charge in [0.25, 0.3) is 0 Å². The van der Waals surface area contributed by atoms with Crippen LogP contribution in [0.4, 0.5) is 0 Å². The molecular weight excluding hydrogens is 360 g/mol. The van der Waals surface area contributed by atoms with E-state index in [0.29, 0.717) is 4.83 Å². The first-order chi connectivity index (χ1) is 7.93. The van der Waals surface area contributed by atoms with Crippen molar-refractivity contribution in [2.75, 3.05) is 0 Å². The van der Waals surface area contributed by atoms with E-state index in [0.717, 1.165) is 11.8 Å². The molecule has 3 heteroatoms. The topological polar surface area (TPSA) is 0 Å². The van der Waals surface area contributed by atoms with Crippen molar-refractivity contribution in [3.05, 3.63) is 20.8 Å². The van der Waals surface area contributed by atoms with E-state index in [4.69, 9.17) is 0 Å². The van der Waals surface area contributed by atoms with Gasteiger partial charge in [0.05, 0.1) is 0 Å². The number of hydrogen-bond donors (Lipinski definition) is 0. The van der Waals surface area contributed by atoms with Crippen LogP contribution in [0.5, 0.6) is 0 Å². The van der Waals surface area contributed by atoms with Crippen molar-refractivity contribution in [3.63, 3.8) is 0 Å². The Labute approximate surface area is 125 Å². The predicted octanol–water partition coefficient (Wildman–Crippen LogP) is 5.99. The van der Waals surface area contributed by atoms with Gasteiger partial charge in [-0.25, -0.2) is 0 Å². The molecule has 1 heterocycles. The molecule has 0 radical (unpaired) electrons. The summed E-state index contributed by atoms with van der Waals surface area (Å²) < 4.78 is 1.28. The monoisotopic (exact) mass is 378 g/mol. The molecule has 1 fully saturated rings. The first-order valence-electron chi connectivity index (χ1n) is 6.30. The lowest BCUT2D eigenvalue weighted by Gasteiger charge is -2.42. The standard InChI is InChI=1S/C14H20Br2S/c1-9-4-5-10(12(16)8-9)14(2,3)13-11(15)6-7-17-13/h6-7,9-10,12H,4-5,8H2,1-3H3. The van der Waals surface area contributed by atoms with E-state index in [2.05, 4.69) is 64.1 Å². The van der Waals surface area contributed by atoms with Crippen LogP contribution in [0.2, 0.25) is 0 Å². The van der Waals surface area contributed by atoms with E-state index < -0.39 is 0 Å². The second-order valence-corrected chi connectivity index (χ2v) is 8.81. The van der Waals surface area contributed by atoms with Gasteiger partial charge >= 0.3 is 0 Å². The van der Waals surface area contributed by atoms with Gasteiger partial charge in [-0.1, -0.05) is 43.1 Å². The van der Waals surface area contributed by atoms with E-state index in [1.807, 2.05) is 11.3 Å². The largest absolute Gasteiger partial charge is 0.147 e. The zero-order valence-corrected chi connectivity index (χ0v) is 14.7. The van der Waals surface area contributed by atoms with Crippen molar-refractivity contribution >= 4 is 43.2 Å². The SMILES string of the molecule is CC1CCC(C(C)(C)c2sccc2Br)C(Br)C1. The highest BCUT2D eigenvalue weighted by molar-refractivity contribution is 9.10. The van der Waals surface area contributed by atoms with E-state index >= 15 is 0 Å². The van der Waals surface area contributed by atoms with Crippen molar-refractivity contribution in [2.45, 2.75) is 50.3 Å². The Hall–Kier alpha value is 0.660. The van der Waals surface area contributed by atoms with Gasteiger partial charge < -0.3 is 0 Å². The van der Waals surface area contributed by atoms with Crippen LogP contribution in [0.1, 0.15) is 44.9 Å². The molecule has 3 atom stereocenters. The summed E-state index contributed by atoms with van der Waals surface area (Å²) in [7, 11) is 0. The Morgan fingerprint density at radius 1 is 1.35 bits per heavy atom. The molecule has 1 aliphatic rings.